The lowest BCUT2D eigenvalue weighted by Crippen LogP contribution is -2.43. The Bertz CT molecular complexity index is 904. The zero-order valence-corrected chi connectivity index (χ0v) is 16.8. The Labute approximate surface area is 168 Å². The van der Waals surface area contributed by atoms with E-state index in [1.165, 1.54) is 10.9 Å². The summed E-state index contributed by atoms with van der Waals surface area (Å²) in [5, 5.41) is 9.03. The van der Waals surface area contributed by atoms with Gasteiger partial charge in [0.2, 0.25) is 11.8 Å². The number of nitrogens with one attached hydrogen (secondary N) is 3. The Morgan fingerprint density at radius 2 is 1.86 bits per heavy atom. The van der Waals surface area contributed by atoms with E-state index in [0.717, 1.165) is 16.8 Å². The van der Waals surface area contributed by atoms with Gasteiger partial charge in [-0.05, 0) is 36.0 Å². The molecule has 28 heavy (non-hydrogen) atoms. The van der Waals surface area contributed by atoms with Crippen LogP contribution < -0.4 is 10.6 Å². The van der Waals surface area contributed by atoms with Gasteiger partial charge in [-0.15, -0.1) is 11.3 Å². The Balaban J connectivity index is 1.39. The molecule has 7 heteroatoms. The smallest absolute Gasteiger partial charge is 0.234 e. The molecular formula is C21H26N4O2S. The van der Waals surface area contributed by atoms with Crippen LogP contribution in [0.5, 0.6) is 0 Å². The molecule has 3 N–H and O–H groups in total. The zero-order chi connectivity index (χ0) is 19.8. The number of rotatable bonds is 10. The Morgan fingerprint density at radius 3 is 2.61 bits per heavy atom. The molecule has 3 aromatic rings. The van der Waals surface area contributed by atoms with Crippen LogP contribution in [0.3, 0.4) is 0 Å². The van der Waals surface area contributed by atoms with Gasteiger partial charge >= 0.3 is 0 Å². The SMILES string of the molecule is CCN(CC(=O)NCCc1c[nH]c2ccccc12)CC(=O)NCc1cccs1. The minimum atomic E-state index is -0.0677. The van der Waals surface area contributed by atoms with E-state index in [4.69, 9.17) is 0 Å². The first-order chi connectivity index (χ1) is 13.7. The molecule has 2 aromatic heterocycles. The quantitative estimate of drug-likeness (QED) is 0.491. The highest BCUT2D eigenvalue weighted by Crippen LogP contribution is 2.17. The number of benzene rings is 1. The van der Waals surface area contributed by atoms with Crippen molar-refractivity contribution in [2.75, 3.05) is 26.2 Å². The molecule has 3 rings (SSSR count). The monoisotopic (exact) mass is 398 g/mol. The van der Waals surface area contributed by atoms with Crippen LogP contribution in [0.4, 0.5) is 0 Å². The van der Waals surface area contributed by atoms with Crippen LogP contribution in [0.1, 0.15) is 17.4 Å². The molecule has 0 bridgehead atoms. The van der Waals surface area contributed by atoms with Gasteiger partial charge in [0.15, 0.2) is 0 Å². The normalized spacial score (nSPS) is 11.1. The predicted octanol–water partition coefficient (Wildman–Crippen LogP) is 2.53. The molecule has 6 nitrogen and oxygen atoms in total. The van der Waals surface area contributed by atoms with Crippen LogP contribution >= 0.6 is 11.3 Å². The lowest BCUT2D eigenvalue weighted by Gasteiger charge is -2.19. The third kappa shape index (κ3) is 5.68. The van der Waals surface area contributed by atoms with Gasteiger partial charge in [0.25, 0.3) is 0 Å². The minimum Gasteiger partial charge on any atom is -0.361 e. The van der Waals surface area contributed by atoms with E-state index < -0.39 is 0 Å². The highest BCUT2D eigenvalue weighted by atomic mass is 32.1. The van der Waals surface area contributed by atoms with Crippen molar-refractivity contribution >= 4 is 34.1 Å². The van der Waals surface area contributed by atoms with Crippen molar-refractivity contribution < 1.29 is 9.59 Å². The molecule has 148 valence electrons. The number of carbonyl (C=O) groups is 2. The van der Waals surface area contributed by atoms with Crippen molar-refractivity contribution in [3.05, 3.63) is 58.4 Å². The fraction of sp³-hybridized carbons (Fsp3) is 0.333. The van der Waals surface area contributed by atoms with Gasteiger partial charge in [0.05, 0.1) is 19.6 Å². The molecule has 1 aromatic carbocycles. The Morgan fingerprint density at radius 1 is 1.07 bits per heavy atom. The van der Waals surface area contributed by atoms with Crippen LogP contribution in [0.25, 0.3) is 10.9 Å². The summed E-state index contributed by atoms with van der Waals surface area (Å²) in [4.78, 5) is 30.5. The number of H-pyrrole nitrogens is 1. The molecule has 0 aliphatic rings. The Hall–Kier alpha value is -2.64. The molecule has 0 spiro atoms. The van der Waals surface area contributed by atoms with E-state index in [1.807, 2.05) is 53.7 Å². The average Bonchev–Trinajstić information content (AvgIpc) is 3.36. The van der Waals surface area contributed by atoms with Crippen LogP contribution in [-0.4, -0.2) is 47.9 Å². The number of likely N-dealkylation sites (N-methyl/N-ethyl adjacent to an activating group) is 1. The number of para-hydroxylation sites is 1. The van der Waals surface area contributed by atoms with Crippen molar-refractivity contribution in [2.24, 2.45) is 0 Å². The van der Waals surface area contributed by atoms with Crippen LogP contribution in [-0.2, 0) is 22.6 Å². The molecule has 0 aliphatic heterocycles. The molecule has 0 unspecified atom stereocenters. The van der Waals surface area contributed by atoms with Crippen LogP contribution in [0.15, 0.2) is 48.0 Å². The second kappa shape index (κ2) is 10.1. The number of thiophene rings is 1. The molecule has 0 atom stereocenters. The molecular weight excluding hydrogens is 372 g/mol. The maximum Gasteiger partial charge on any atom is 0.234 e. The molecule has 0 fully saturated rings. The summed E-state index contributed by atoms with van der Waals surface area (Å²) in [5.41, 5.74) is 2.30. The lowest BCUT2D eigenvalue weighted by molar-refractivity contribution is -0.125. The van der Waals surface area contributed by atoms with E-state index in [0.29, 0.717) is 19.6 Å². The van der Waals surface area contributed by atoms with Crippen molar-refractivity contribution in [3.63, 3.8) is 0 Å². The number of aromatic nitrogens is 1. The number of hydrogen-bond donors (Lipinski definition) is 3. The number of carbonyl (C=O) groups excluding carboxylic acids is 2. The van der Waals surface area contributed by atoms with Gasteiger partial charge in [0.1, 0.15) is 0 Å². The molecule has 0 saturated carbocycles. The first kappa shape index (κ1) is 20.1. The highest BCUT2D eigenvalue weighted by Gasteiger charge is 2.13. The maximum absolute atomic E-state index is 12.2. The fourth-order valence-electron chi connectivity index (χ4n) is 3.07. The molecule has 0 radical (unpaired) electrons. The summed E-state index contributed by atoms with van der Waals surface area (Å²) >= 11 is 1.61. The fourth-order valence-corrected chi connectivity index (χ4v) is 3.72. The Kier molecular flexibility index (Phi) is 7.22. The number of hydrogen-bond acceptors (Lipinski definition) is 4. The maximum atomic E-state index is 12.2. The summed E-state index contributed by atoms with van der Waals surface area (Å²) in [6.45, 7) is 4.14. The van der Waals surface area contributed by atoms with E-state index in [9.17, 15) is 9.59 Å². The summed E-state index contributed by atoms with van der Waals surface area (Å²) in [5.74, 6) is -0.130. The number of aromatic amines is 1. The summed E-state index contributed by atoms with van der Waals surface area (Å²) in [7, 11) is 0. The zero-order valence-electron chi connectivity index (χ0n) is 16.0. The van der Waals surface area contributed by atoms with Gasteiger partial charge in [-0.3, -0.25) is 14.5 Å². The number of fused-ring (bicyclic) bond motifs is 1. The third-order valence-corrected chi connectivity index (χ3v) is 5.49. The van der Waals surface area contributed by atoms with Gasteiger partial charge in [-0.2, -0.15) is 0 Å². The van der Waals surface area contributed by atoms with E-state index >= 15 is 0 Å². The largest absolute Gasteiger partial charge is 0.361 e. The summed E-state index contributed by atoms with van der Waals surface area (Å²) in [6, 6.07) is 12.1. The van der Waals surface area contributed by atoms with Crippen molar-refractivity contribution in [2.45, 2.75) is 19.9 Å². The first-order valence-electron chi connectivity index (χ1n) is 9.49. The van der Waals surface area contributed by atoms with E-state index in [-0.39, 0.29) is 24.9 Å². The number of amides is 2. The van der Waals surface area contributed by atoms with Crippen molar-refractivity contribution in [3.8, 4) is 0 Å². The standard InChI is InChI=1S/C21H26N4O2S/c1-2-25(15-21(27)24-13-17-6-5-11-28-17)14-20(26)22-10-9-16-12-23-19-8-4-3-7-18(16)19/h3-8,11-12,23H,2,9-10,13-15H2,1H3,(H,22,26)(H,24,27). The average molecular weight is 399 g/mol. The second-order valence-electron chi connectivity index (χ2n) is 6.62. The van der Waals surface area contributed by atoms with Crippen LogP contribution in [0.2, 0.25) is 0 Å². The van der Waals surface area contributed by atoms with Crippen molar-refractivity contribution in [1.29, 1.82) is 0 Å². The molecule has 2 heterocycles. The lowest BCUT2D eigenvalue weighted by atomic mass is 10.1. The predicted molar refractivity (Wildman–Crippen MR) is 113 cm³/mol. The summed E-state index contributed by atoms with van der Waals surface area (Å²) < 4.78 is 0. The van der Waals surface area contributed by atoms with Crippen LogP contribution in [0, 0.1) is 0 Å². The van der Waals surface area contributed by atoms with Gasteiger partial charge in [-0.25, -0.2) is 0 Å². The van der Waals surface area contributed by atoms with Gasteiger partial charge in [-0.1, -0.05) is 31.2 Å². The van der Waals surface area contributed by atoms with E-state index in [2.05, 4.69) is 21.7 Å². The minimum absolute atomic E-state index is 0.0623. The molecule has 0 saturated heterocycles. The van der Waals surface area contributed by atoms with E-state index in [1.54, 1.807) is 11.3 Å². The highest BCUT2D eigenvalue weighted by molar-refractivity contribution is 7.09. The molecule has 2 amide bonds. The summed E-state index contributed by atoms with van der Waals surface area (Å²) in [6.07, 6.45) is 2.76. The van der Waals surface area contributed by atoms with Gasteiger partial charge in [0, 0.05) is 28.5 Å². The second-order valence-corrected chi connectivity index (χ2v) is 7.65. The van der Waals surface area contributed by atoms with Crippen molar-refractivity contribution in [1.82, 2.24) is 20.5 Å². The topological polar surface area (TPSA) is 77.2 Å². The molecule has 0 aliphatic carbocycles. The van der Waals surface area contributed by atoms with Gasteiger partial charge < -0.3 is 15.6 Å². The first-order valence-corrected chi connectivity index (χ1v) is 10.4. The number of nitrogens with zero attached hydrogens (tertiary/aromatic N) is 1. The third-order valence-electron chi connectivity index (χ3n) is 4.61.